The predicted octanol–water partition coefficient (Wildman–Crippen LogP) is 2.47. The Kier molecular flexibility index (Phi) is 4.17. The van der Waals surface area contributed by atoms with Gasteiger partial charge in [-0.25, -0.2) is 14.5 Å². The van der Waals surface area contributed by atoms with Crippen LogP contribution in [0.2, 0.25) is 0 Å². The number of hydrogen-bond acceptors (Lipinski definition) is 6. The third-order valence-electron chi connectivity index (χ3n) is 4.13. The van der Waals surface area contributed by atoms with E-state index in [2.05, 4.69) is 15.4 Å². The van der Waals surface area contributed by atoms with Gasteiger partial charge in [-0.2, -0.15) is 15.7 Å². The van der Waals surface area contributed by atoms with Gasteiger partial charge in [0, 0.05) is 30.3 Å². The number of carboxylic acid groups (broad SMARTS) is 1. The summed E-state index contributed by atoms with van der Waals surface area (Å²) in [7, 11) is -2.46. The maximum absolute atomic E-state index is 11.5. The van der Waals surface area contributed by atoms with E-state index in [9.17, 15) is 19.0 Å². The molecule has 2 aromatic rings. The van der Waals surface area contributed by atoms with E-state index < -0.39 is 16.6 Å². The van der Waals surface area contributed by atoms with Crippen LogP contribution < -0.4 is 5.32 Å². The molecule has 0 unspecified atom stereocenters. The molecule has 0 saturated carbocycles. The van der Waals surface area contributed by atoms with Gasteiger partial charge in [-0.15, -0.1) is 0 Å². The number of fused-ring (bicyclic) bond motifs is 1. The number of rotatable bonds is 4. The first-order valence-electron chi connectivity index (χ1n) is 7.49. The second kappa shape index (κ2) is 5.99. The van der Waals surface area contributed by atoms with Gasteiger partial charge in [0.1, 0.15) is 5.56 Å². The number of nitrogens with one attached hydrogen (secondary N) is 1. The van der Waals surface area contributed by atoms with Gasteiger partial charge >= 0.3 is 5.97 Å². The number of aromatic carboxylic acids is 1. The molecule has 1 saturated heterocycles. The Morgan fingerprint density at radius 2 is 2.09 bits per heavy atom. The van der Waals surface area contributed by atoms with Gasteiger partial charge in [-0.3, -0.25) is 9.11 Å². The van der Waals surface area contributed by atoms with Crippen molar-refractivity contribution in [3.63, 3.8) is 0 Å². The molecule has 1 aliphatic rings. The molecular weight excluding hydrogens is 320 g/mol. The van der Waals surface area contributed by atoms with Crippen molar-refractivity contribution in [2.45, 2.75) is 32.4 Å². The number of carboxylic acids is 1. The molecule has 0 radical (unpaired) electrons. The largest absolute Gasteiger partial charge is 0.478 e. The summed E-state index contributed by atoms with van der Waals surface area (Å²) in [6, 6.07) is 0.00333. The number of nitrogens with zero attached hydrogens (tertiary/aromatic N) is 3. The zero-order valence-electron chi connectivity index (χ0n) is 12.8. The highest BCUT2D eigenvalue weighted by atomic mass is 32.3. The molecule has 23 heavy (non-hydrogen) atoms. The average Bonchev–Trinajstić information content (AvgIpc) is 2.92. The highest BCUT2D eigenvalue weighted by Gasteiger charge is 2.26. The first-order valence-corrected chi connectivity index (χ1v) is 9.37. The molecule has 8 nitrogen and oxygen atoms in total. The molecule has 1 aliphatic heterocycles. The lowest BCUT2D eigenvalue weighted by Crippen LogP contribution is -2.30. The topological polar surface area (TPSA) is 120 Å². The van der Waals surface area contributed by atoms with Gasteiger partial charge in [0.2, 0.25) is 0 Å². The summed E-state index contributed by atoms with van der Waals surface area (Å²) in [5.41, 5.74) is 1.25. The maximum Gasteiger partial charge on any atom is 0.339 e. The van der Waals surface area contributed by atoms with Crippen molar-refractivity contribution in [1.29, 1.82) is 0 Å². The van der Waals surface area contributed by atoms with Gasteiger partial charge < -0.3 is 10.4 Å². The third kappa shape index (κ3) is 3.12. The fraction of sp³-hybridized carbons (Fsp3) is 0.500. The van der Waals surface area contributed by atoms with E-state index in [1.54, 1.807) is 10.9 Å². The standard InChI is InChI=1S/C14H20N4O4S/c1-2-18-13-10(8-16-18)12(11(7-15-13)14(19)20)17-9-3-5-23(21,22)6-4-9/h7-9,21-22H,2-6H2,1H3,(H,15,17)(H,19,20). The predicted molar refractivity (Wildman–Crippen MR) is 89.4 cm³/mol. The lowest BCUT2D eigenvalue weighted by Gasteiger charge is -2.39. The van der Waals surface area contributed by atoms with Crippen LogP contribution in [-0.2, 0) is 6.54 Å². The summed E-state index contributed by atoms with van der Waals surface area (Å²) in [5, 5.41) is 17.6. The molecule has 0 amide bonds. The highest BCUT2D eigenvalue weighted by Crippen LogP contribution is 2.44. The zero-order valence-corrected chi connectivity index (χ0v) is 13.6. The van der Waals surface area contributed by atoms with Gasteiger partial charge in [0.15, 0.2) is 5.65 Å². The molecule has 1 fully saturated rings. The van der Waals surface area contributed by atoms with Gasteiger partial charge in [0.05, 0.1) is 17.3 Å². The molecule has 0 atom stereocenters. The van der Waals surface area contributed by atoms with Crippen LogP contribution >= 0.6 is 10.6 Å². The number of hydrogen-bond donors (Lipinski definition) is 4. The second-order valence-electron chi connectivity index (χ2n) is 5.68. The Balaban J connectivity index is 1.96. The lowest BCUT2D eigenvalue weighted by molar-refractivity contribution is 0.0697. The summed E-state index contributed by atoms with van der Waals surface area (Å²) < 4.78 is 21.1. The Morgan fingerprint density at radius 1 is 1.39 bits per heavy atom. The SMILES string of the molecule is CCn1ncc2c(NC3CCS(O)(O)CC3)c(C(=O)O)cnc21. The first kappa shape index (κ1) is 16.0. The average molecular weight is 340 g/mol. The molecule has 4 N–H and O–H groups in total. The Bertz CT molecular complexity index is 736. The summed E-state index contributed by atoms with van der Waals surface area (Å²) in [5.74, 6) is -0.364. The van der Waals surface area contributed by atoms with Crippen LogP contribution in [0, 0.1) is 0 Å². The van der Waals surface area contributed by atoms with E-state index in [0.29, 0.717) is 47.6 Å². The Hall–Kier alpha value is -1.84. The van der Waals surface area contributed by atoms with Gasteiger partial charge in [-0.1, -0.05) is 0 Å². The molecule has 9 heteroatoms. The van der Waals surface area contributed by atoms with E-state index in [1.807, 2.05) is 6.92 Å². The molecule has 2 aromatic heterocycles. The number of aromatic nitrogens is 3. The molecule has 3 heterocycles. The molecular formula is C14H20N4O4S. The molecule has 0 aliphatic carbocycles. The fourth-order valence-corrected chi connectivity index (χ4v) is 4.36. The van der Waals surface area contributed by atoms with Gasteiger partial charge in [0.25, 0.3) is 0 Å². The van der Waals surface area contributed by atoms with Crippen LogP contribution in [0.25, 0.3) is 11.0 Å². The number of anilines is 1. The second-order valence-corrected chi connectivity index (χ2v) is 8.10. The zero-order chi connectivity index (χ0) is 16.6. The smallest absolute Gasteiger partial charge is 0.339 e. The lowest BCUT2D eigenvalue weighted by atomic mass is 10.1. The van der Waals surface area contributed by atoms with E-state index in [-0.39, 0.29) is 11.6 Å². The van der Waals surface area contributed by atoms with Crippen LogP contribution in [0.3, 0.4) is 0 Å². The molecule has 0 spiro atoms. The van der Waals surface area contributed by atoms with Crippen molar-refractivity contribution in [1.82, 2.24) is 14.8 Å². The molecule has 126 valence electrons. The maximum atomic E-state index is 11.5. The quantitative estimate of drug-likeness (QED) is 0.674. The number of pyridine rings is 1. The summed E-state index contributed by atoms with van der Waals surface area (Å²) in [6.45, 7) is 2.59. The summed E-state index contributed by atoms with van der Waals surface area (Å²) in [6.07, 6.45) is 4.15. The van der Waals surface area contributed by atoms with Crippen molar-refractivity contribution < 1.29 is 19.0 Å². The van der Waals surface area contributed by atoms with Crippen molar-refractivity contribution in [3.05, 3.63) is 18.0 Å². The normalized spacial score (nSPS) is 19.6. The minimum absolute atomic E-state index is 0.00333. The first-order chi connectivity index (χ1) is 10.9. The van der Waals surface area contributed by atoms with Gasteiger partial charge in [-0.05, 0) is 19.8 Å². The van der Waals surface area contributed by atoms with Crippen LogP contribution in [0.4, 0.5) is 5.69 Å². The van der Waals surface area contributed by atoms with Crippen molar-refractivity contribution in [2.75, 3.05) is 16.8 Å². The van der Waals surface area contributed by atoms with E-state index in [4.69, 9.17) is 0 Å². The summed E-state index contributed by atoms with van der Waals surface area (Å²) >= 11 is 0. The number of carbonyl (C=O) groups is 1. The van der Waals surface area contributed by atoms with Crippen LogP contribution in [0.5, 0.6) is 0 Å². The minimum atomic E-state index is -2.46. The fourth-order valence-electron chi connectivity index (χ4n) is 2.83. The Morgan fingerprint density at radius 3 is 2.70 bits per heavy atom. The molecule has 0 bridgehead atoms. The minimum Gasteiger partial charge on any atom is -0.478 e. The van der Waals surface area contributed by atoms with E-state index >= 15 is 0 Å². The third-order valence-corrected chi connectivity index (χ3v) is 5.91. The van der Waals surface area contributed by atoms with E-state index in [1.165, 1.54) is 6.20 Å². The number of aryl methyl sites for hydroxylation is 1. The van der Waals surface area contributed by atoms with Crippen molar-refractivity contribution in [3.8, 4) is 0 Å². The molecule has 3 rings (SSSR count). The van der Waals surface area contributed by atoms with Crippen molar-refractivity contribution >= 4 is 33.3 Å². The van der Waals surface area contributed by atoms with Crippen LogP contribution in [-0.4, -0.2) is 52.5 Å². The van der Waals surface area contributed by atoms with E-state index in [0.717, 1.165) is 0 Å². The Labute approximate surface area is 134 Å². The van der Waals surface area contributed by atoms with Crippen LogP contribution in [0.1, 0.15) is 30.1 Å². The van der Waals surface area contributed by atoms with Crippen LogP contribution in [0.15, 0.2) is 12.4 Å². The highest BCUT2D eigenvalue weighted by molar-refractivity contribution is 8.24. The van der Waals surface area contributed by atoms with Crippen molar-refractivity contribution in [2.24, 2.45) is 0 Å². The monoisotopic (exact) mass is 340 g/mol. The summed E-state index contributed by atoms with van der Waals surface area (Å²) in [4.78, 5) is 15.7. The molecule has 0 aromatic carbocycles.